The van der Waals surface area contributed by atoms with Gasteiger partial charge in [0.25, 0.3) is 5.91 Å². The van der Waals surface area contributed by atoms with Gasteiger partial charge in [-0.25, -0.2) is 9.78 Å². The predicted octanol–water partition coefficient (Wildman–Crippen LogP) is 7.00. The average Bonchev–Trinajstić information content (AvgIpc) is 3.80. The quantitative estimate of drug-likeness (QED) is 0.198. The maximum Gasteiger partial charge on any atom is 0.332 e. The molecule has 9 heteroatoms. The van der Waals surface area contributed by atoms with Crippen molar-refractivity contribution in [2.75, 3.05) is 24.5 Å². The van der Waals surface area contributed by atoms with Gasteiger partial charge in [-0.05, 0) is 99.0 Å². The minimum absolute atomic E-state index is 0.0361. The lowest BCUT2D eigenvalue weighted by Crippen LogP contribution is -2.43. The first-order valence-corrected chi connectivity index (χ1v) is 16.5. The van der Waals surface area contributed by atoms with E-state index in [1.54, 1.807) is 0 Å². The van der Waals surface area contributed by atoms with Crippen molar-refractivity contribution in [2.24, 2.45) is 18.9 Å². The highest BCUT2D eigenvalue weighted by atomic mass is 16.5. The van der Waals surface area contributed by atoms with E-state index >= 15 is 0 Å². The fourth-order valence-corrected chi connectivity index (χ4v) is 7.42. The number of carbonyl (C=O) groups is 3. The van der Waals surface area contributed by atoms with Crippen LogP contribution in [0.3, 0.4) is 0 Å². The molecule has 238 valence electrons. The lowest BCUT2D eigenvalue weighted by molar-refractivity contribution is -0.136. The van der Waals surface area contributed by atoms with Gasteiger partial charge in [0.2, 0.25) is 5.91 Å². The minimum Gasteiger partial charge on any atom is -0.457 e. The summed E-state index contributed by atoms with van der Waals surface area (Å²) >= 11 is 0. The standard InChI is InChI=1S/C37H41N5O4/c1-25-12-17-31-32(22-25)39(2)35(38-31)33(23-26-18-20-40(21-19-26)36(44)27-8-6-7-9-27)42-34(43)24-41(37(42)45)28-13-15-30(16-14-28)46-29-10-4-3-5-11-29/h3-5,10-17,22,26-27,33H,6-9,18-21,23-24H2,1-2H3/t33-/m0/s1. The van der Waals surface area contributed by atoms with E-state index in [-0.39, 0.29) is 30.3 Å². The molecule has 0 unspecified atom stereocenters. The summed E-state index contributed by atoms with van der Waals surface area (Å²) in [6, 6.07) is 22.0. The minimum atomic E-state index is -0.523. The number of imidazole rings is 1. The number of carbonyl (C=O) groups excluding carboxylic acids is 3. The highest BCUT2D eigenvalue weighted by Crippen LogP contribution is 2.38. The number of likely N-dealkylation sites (tertiary alicyclic amines) is 1. The topological polar surface area (TPSA) is 88.0 Å². The van der Waals surface area contributed by atoms with Gasteiger partial charge in [0.15, 0.2) is 0 Å². The Kier molecular flexibility index (Phi) is 8.23. The van der Waals surface area contributed by atoms with Crippen LogP contribution in [-0.2, 0) is 16.6 Å². The number of imide groups is 1. The molecule has 3 heterocycles. The number of ether oxygens (including phenoxy) is 1. The van der Waals surface area contributed by atoms with Crippen molar-refractivity contribution >= 4 is 34.6 Å². The molecule has 4 amide bonds. The van der Waals surface area contributed by atoms with E-state index in [2.05, 4.69) is 6.07 Å². The highest BCUT2D eigenvalue weighted by molar-refractivity contribution is 6.12. The van der Waals surface area contributed by atoms with Gasteiger partial charge >= 0.3 is 6.03 Å². The molecule has 0 spiro atoms. The van der Waals surface area contributed by atoms with E-state index in [1.807, 2.05) is 90.2 Å². The van der Waals surface area contributed by atoms with Crippen molar-refractivity contribution in [3.8, 4) is 11.5 Å². The third kappa shape index (κ3) is 5.86. The largest absolute Gasteiger partial charge is 0.457 e. The monoisotopic (exact) mass is 619 g/mol. The third-order valence-electron chi connectivity index (χ3n) is 9.99. The van der Waals surface area contributed by atoms with Crippen LogP contribution in [-0.4, -0.2) is 56.8 Å². The van der Waals surface area contributed by atoms with Crippen molar-refractivity contribution in [1.29, 1.82) is 0 Å². The summed E-state index contributed by atoms with van der Waals surface area (Å²) in [6.07, 6.45) is 6.61. The number of urea groups is 1. The van der Waals surface area contributed by atoms with Crippen LogP contribution in [0.25, 0.3) is 11.0 Å². The second kappa shape index (κ2) is 12.6. The number of amides is 4. The van der Waals surface area contributed by atoms with Crippen LogP contribution in [0.4, 0.5) is 10.5 Å². The lowest BCUT2D eigenvalue weighted by atomic mass is 9.88. The molecule has 7 rings (SSSR count). The lowest BCUT2D eigenvalue weighted by Gasteiger charge is -2.36. The van der Waals surface area contributed by atoms with E-state index in [0.717, 1.165) is 74.0 Å². The number of anilines is 1. The molecule has 0 bridgehead atoms. The summed E-state index contributed by atoms with van der Waals surface area (Å²) in [5.41, 5.74) is 3.58. The first-order valence-electron chi connectivity index (χ1n) is 16.5. The summed E-state index contributed by atoms with van der Waals surface area (Å²) in [5.74, 6) is 2.58. The molecule has 3 aliphatic rings. The molecule has 1 aromatic heterocycles. The Morgan fingerprint density at radius 3 is 2.33 bits per heavy atom. The number of fused-ring (bicyclic) bond motifs is 1. The fourth-order valence-electron chi connectivity index (χ4n) is 7.42. The first kappa shape index (κ1) is 30.0. The van der Waals surface area contributed by atoms with Gasteiger partial charge in [0, 0.05) is 31.7 Å². The van der Waals surface area contributed by atoms with E-state index in [0.29, 0.717) is 29.6 Å². The third-order valence-corrected chi connectivity index (χ3v) is 9.99. The Morgan fingerprint density at radius 1 is 0.913 bits per heavy atom. The molecule has 3 aromatic carbocycles. The summed E-state index contributed by atoms with van der Waals surface area (Å²) in [4.78, 5) is 51.0. The highest BCUT2D eigenvalue weighted by Gasteiger charge is 2.44. The van der Waals surface area contributed by atoms with Gasteiger partial charge in [0.1, 0.15) is 23.9 Å². The second-order valence-corrected chi connectivity index (χ2v) is 13.1. The van der Waals surface area contributed by atoms with Crippen LogP contribution >= 0.6 is 0 Å². The molecule has 4 aromatic rings. The molecule has 9 nitrogen and oxygen atoms in total. The van der Waals surface area contributed by atoms with Crippen LogP contribution in [0.5, 0.6) is 11.5 Å². The molecule has 1 aliphatic carbocycles. The molecule has 2 aliphatic heterocycles. The Labute approximate surface area is 269 Å². The van der Waals surface area contributed by atoms with Gasteiger partial charge in [0.05, 0.1) is 17.1 Å². The molecule has 3 fully saturated rings. The summed E-state index contributed by atoms with van der Waals surface area (Å²) in [5, 5.41) is 0. The molecule has 1 atom stereocenters. The predicted molar refractivity (Wildman–Crippen MR) is 177 cm³/mol. The zero-order valence-electron chi connectivity index (χ0n) is 26.6. The molecule has 0 N–H and O–H groups in total. The van der Waals surface area contributed by atoms with Crippen LogP contribution < -0.4 is 9.64 Å². The Morgan fingerprint density at radius 2 is 1.61 bits per heavy atom. The fraction of sp³-hybridized carbons (Fsp3) is 0.405. The zero-order chi connectivity index (χ0) is 31.8. The Bertz CT molecular complexity index is 1740. The number of aromatic nitrogens is 2. The number of hydrogen-bond acceptors (Lipinski definition) is 5. The number of aryl methyl sites for hydroxylation is 2. The van der Waals surface area contributed by atoms with Crippen molar-refractivity contribution < 1.29 is 19.1 Å². The summed E-state index contributed by atoms with van der Waals surface area (Å²) in [6.45, 7) is 3.46. The van der Waals surface area contributed by atoms with Crippen molar-refractivity contribution in [2.45, 2.75) is 57.9 Å². The van der Waals surface area contributed by atoms with Gasteiger partial charge in [-0.2, -0.15) is 0 Å². The molecule has 2 saturated heterocycles. The van der Waals surface area contributed by atoms with E-state index in [4.69, 9.17) is 9.72 Å². The first-order chi connectivity index (χ1) is 22.4. The van der Waals surface area contributed by atoms with Crippen molar-refractivity contribution in [3.05, 3.63) is 84.2 Å². The molecule has 1 saturated carbocycles. The van der Waals surface area contributed by atoms with Gasteiger partial charge in [-0.3, -0.25) is 19.4 Å². The van der Waals surface area contributed by atoms with Gasteiger partial charge < -0.3 is 14.2 Å². The Balaban J connectivity index is 1.13. The van der Waals surface area contributed by atoms with Crippen molar-refractivity contribution in [3.63, 3.8) is 0 Å². The molecular formula is C37H41N5O4. The second-order valence-electron chi connectivity index (χ2n) is 13.1. The van der Waals surface area contributed by atoms with Crippen LogP contribution in [0.1, 0.15) is 62.4 Å². The maximum atomic E-state index is 14.1. The number of rotatable bonds is 8. The maximum absolute atomic E-state index is 14.1. The molecular weight excluding hydrogens is 578 g/mol. The van der Waals surface area contributed by atoms with Crippen LogP contribution in [0, 0.1) is 18.8 Å². The van der Waals surface area contributed by atoms with Gasteiger partial charge in [-0.1, -0.05) is 37.1 Å². The smallest absolute Gasteiger partial charge is 0.332 e. The zero-order valence-corrected chi connectivity index (χ0v) is 26.6. The SMILES string of the molecule is Cc1ccc2nc([C@H](CC3CCN(C(=O)C4CCCC4)CC3)N3C(=O)CN(c4ccc(Oc5ccccc5)cc4)C3=O)n(C)c2c1. The van der Waals surface area contributed by atoms with E-state index in [9.17, 15) is 14.4 Å². The van der Waals surface area contributed by atoms with E-state index < -0.39 is 6.04 Å². The summed E-state index contributed by atoms with van der Waals surface area (Å²) < 4.78 is 7.96. The van der Waals surface area contributed by atoms with Crippen LogP contribution in [0.15, 0.2) is 72.8 Å². The molecule has 0 radical (unpaired) electrons. The number of para-hydroxylation sites is 1. The average molecular weight is 620 g/mol. The Hall–Kier alpha value is -4.66. The number of piperidine rings is 1. The molecule has 46 heavy (non-hydrogen) atoms. The van der Waals surface area contributed by atoms with Gasteiger partial charge in [-0.15, -0.1) is 0 Å². The van der Waals surface area contributed by atoms with Crippen molar-refractivity contribution in [1.82, 2.24) is 19.4 Å². The van der Waals surface area contributed by atoms with E-state index in [1.165, 1.54) is 9.80 Å². The number of hydrogen-bond donors (Lipinski definition) is 0. The normalized spacial score (nSPS) is 18.6. The van der Waals surface area contributed by atoms with Crippen LogP contribution in [0.2, 0.25) is 0 Å². The number of benzene rings is 3. The number of nitrogens with zero attached hydrogens (tertiary/aromatic N) is 5. The summed E-state index contributed by atoms with van der Waals surface area (Å²) in [7, 11) is 1.97.